The molecular weight excluding hydrogens is 282 g/mol. The van der Waals surface area contributed by atoms with Crippen molar-refractivity contribution in [3.8, 4) is 6.07 Å². The summed E-state index contributed by atoms with van der Waals surface area (Å²) in [5, 5.41) is 12.5. The van der Waals surface area contributed by atoms with Crippen molar-refractivity contribution in [2.45, 2.75) is 36.1 Å². The van der Waals surface area contributed by atoms with E-state index in [1.165, 1.54) is 0 Å². The van der Waals surface area contributed by atoms with Crippen molar-refractivity contribution in [3.05, 3.63) is 51.4 Å². The second kappa shape index (κ2) is 5.30. The Hall–Kier alpha value is -2.19. The monoisotopic (exact) mass is 297 g/mol. The molecule has 21 heavy (non-hydrogen) atoms. The molecule has 1 aliphatic rings. The first-order chi connectivity index (χ1) is 10.2. The second-order valence-corrected chi connectivity index (χ2v) is 6.01. The summed E-state index contributed by atoms with van der Waals surface area (Å²) in [6.07, 6.45) is 0.832. The molecule has 2 heterocycles. The van der Waals surface area contributed by atoms with Crippen LogP contribution in [0.4, 0.5) is 5.69 Å². The number of aromatic amines is 1. The van der Waals surface area contributed by atoms with Crippen LogP contribution >= 0.6 is 11.8 Å². The highest BCUT2D eigenvalue weighted by molar-refractivity contribution is 7.99. The second-order valence-electron chi connectivity index (χ2n) is 4.96. The van der Waals surface area contributed by atoms with Crippen LogP contribution in [0.2, 0.25) is 0 Å². The van der Waals surface area contributed by atoms with Gasteiger partial charge in [-0.25, -0.2) is 0 Å². The average molecular weight is 297 g/mol. The maximum absolute atomic E-state index is 12.3. The minimum absolute atomic E-state index is 0.166. The van der Waals surface area contributed by atoms with Crippen LogP contribution in [0.3, 0.4) is 0 Å². The molecule has 106 valence electrons. The molecule has 0 radical (unpaired) electrons. The molecular formula is C16H15N3OS. The van der Waals surface area contributed by atoms with Gasteiger partial charge in [0.05, 0.1) is 6.07 Å². The molecule has 1 unspecified atom stereocenters. The van der Waals surface area contributed by atoms with Gasteiger partial charge in [0.25, 0.3) is 5.56 Å². The number of aryl methyl sites for hydroxylation is 1. The molecule has 1 atom stereocenters. The number of fused-ring (bicyclic) bond motifs is 2. The van der Waals surface area contributed by atoms with E-state index in [0.717, 1.165) is 33.0 Å². The fourth-order valence-corrected chi connectivity index (χ4v) is 3.99. The van der Waals surface area contributed by atoms with E-state index in [0.29, 0.717) is 5.69 Å². The first-order valence-corrected chi connectivity index (χ1v) is 7.66. The van der Waals surface area contributed by atoms with E-state index in [1.807, 2.05) is 31.2 Å². The molecule has 2 aromatic rings. The highest BCUT2D eigenvalue weighted by atomic mass is 32.2. The van der Waals surface area contributed by atoms with E-state index in [1.54, 1.807) is 11.8 Å². The summed E-state index contributed by atoms with van der Waals surface area (Å²) in [6.45, 7) is 3.99. The summed E-state index contributed by atoms with van der Waals surface area (Å²) in [5.74, 6) is 0. The summed E-state index contributed by atoms with van der Waals surface area (Å²) in [4.78, 5) is 17.1. The summed E-state index contributed by atoms with van der Waals surface area (Å²) in [7, 11) is 0. The molecule has 0 saturated carbocycles. The van der Waals surface area contributed by atoms with Crippen molar-refractivity contribution in [3.63, 3.8) is 0 Å². The average Bonchev–Trinajstić information content (AvgIpc) is 2.64. The third kappa shape index (κ3) is 2.22. The van der Waals surface area contributed by atoms with E-state index < -0.39 is 6.04 Å². The molecule has 5 heteroatoms. The Balaban J connectivity index is 2.30. The molecule has 1 aromatic carbocycles. The third-order valence-corrected chi connectivity index (χ3v) is 4.94. The largest absolute Gasteiger partial charge is 0.361 e. The van der Waals surface area contributed by atoms with Crippen molar-refractivity contribution in [2.24, 2.45) is 0 Å². The minimum Gasteiger partial charge on any atom is -0.361 e. The lowest BCUT2D eigenvalue weighted by Gasteiger charge is -2.14. The van der Waals surface area contributed by atoms with Crippen molar-refractivity contribution >= 4 is 17.4 Å². The zero-order chi connectivity index (χ0) is 15.0. The Labute approximate surface area is 127 Å². The number of nitrogens with zero attached hydrogens (tertiary/aromatic N) is 1. The van der Waals surface area contributed by atoms with Crippen LogP contribution in [0.1, 0.15) is 29.8 Å². The van der Waals surface area contributed by atoms with Gasteiger partial charge < -0.3 is 10.3 Å². The standard InChI is InChI=1S/C16H15N3OS/c1-3-10-9(2)18-16(20)14-15(10)21-13-7-5-4-6-11(13)12(8-17)19-14/h4-7,12,19H,3H2,1-2H3,(H,18,20). The molecule has 1 aliphatic heterocycles. The zero-order valence-electron chi connectivity index (χ0n) is 11.9. The minimum atomic E-state index is -0.511. The number of H-pyrrole nitrogens is 1. The van der Waals surface area contributed by atoms with Gasteiger partial charge in [-0.2, -0.15) is 5.26 Å². The Kier molecular flexibility index (Phi) is 3.48. The van der Waals surface area contributed by atoms with Gasteiger partial charge in [0.1, 0.15) is 11.7 Å². The Morgan fingerprint density at radius 2 is 2.14 bits per heavy atom. The molecule has 0 amide bonds. The number of hydrogen-bond acceptors (Lipinski definition) is 4. The highest BCUT2D eigenvalue weighted by Gasteiger charge is 2.25. The highest BCUT2D eigenvalue weighted by Crippen LogP contribution is 2.42. The molecule has 0 aliphatic carbocycles. The number of hydrogen-bond donors (Lipinski definition) is 2. The summed E-state index contributed by atoms with van der Waals surface area (Å²) >= 11 is 1.57. The SMILES string of the molecule is CCc1c(C)[nH]c(=O)c2c1Sc1ccccc1C(C#N)N2. The van der Waals surface area contributed by atoms with E-state index >= 15 is 0 Å². The van der Waals surface area contributed by atoms with Gasteiger partial charge in [-0.1, -0.05) is 36.9 Å². The number of pyridine rings is 1. The zero-order valence-corrected chi connectivity index (χ0v) is 12.7. The molecule has 3 rings (SSSR count). The van der Waals surface area contributed by atoms with Gasteiger partial charge in [-0.3, -0.25) is 4.79 Å². The Morgan fingerprint density at radius 3 is 2.86 bits per heavy atom. The van der Waals surface area contributed by atoms with Crippen LogP contribution < -0.4 is 10.9 Å². The lowest BCUT2D eigenvalue weighted by Crippen LogP contribution is -2.19. The van der Waals surface area contributed by atoms with E-state index in [-0.39, 0.29) is 5.56 Å². The van der Waals surface area contributed by atoms with E-state index in [9.17, 15) is 10.1 Å². The summed E-state index contributed by atoms with van der Waals surface area (Å²) in [5.41, 5.74) is 3.27. The number of benzene rings is 1. The van der Waals surface area contributed by atoms with Gasteiger partial charge in [0.2, 0.25) is 0 Å². The van der Waals surface area contributed by atoms with Crippen LogP contribution in [-0.2, 0) is 6.42 Å². The molecule has 4 nitrogen and oxygen atoms in total. The van der Waals surface area contributed by atoms with Crippen LogP contribution in [0.25, 0.3) is 0 Å². The van der Waals surface area contributed by atoms with Gasteiger partial charge in [0, 0.05) is 21.0 Å². The first kappa shape index (κ1) is 13.8. The maximum atomic E-state index is 12.3. The van der Waals surface area contributed by atoms with Gasteiger partial charge in [0.15, 0.2) is 0 Å². The summed E-state index contributed by atoms with van der Waals surface area (Å²) in [6, 6.07) is 9.53. The predicted molar refractivity (Wildman–Crippen MR) is 83.7 cm³/mol. The molecule has 1 aromatic heterocycles. The maximum Gasteiger partial charge on any atom is 0.272 e. The lowest BCUT2D eigenvalue weighted by molar-refractivity contribution is 0.933. The third-order valence-electron chi connectivity index (χ3n) is 3.70. The smallest absolute Gasteiger partial charge is 0.272 e. The fraction of sp³-hybridized carbons (Fsp3) is 0.250. The number of rotatable bonds is 1. The van der Waals surface area contributed by atoms with Crippen molar-refractivity contribution in [1.29, 1.82) is 5.26 Å². The van der Waals surface area contributed by atoms with E-state index in [4.69, 9.17) is 0 Å². The van der Waals surface area contributed by atoms with Crippen molar-refractivity contribution in [1.82, 2.24) is 4.98 Å². The molecule has 0 saturated heterocycles. The van der Waals surface area contributed by atoms with Crippen LogP contribution in [0, 0.1) is 18.3 Å². The normalized spacial score (nSPS) is 16.1. The first-order valence-electron chi connectivity index (χ1n) is 6.84. The van der Waals surface area contributed by atoms with E-state index in [2.05, 4.69) is 23.3 Å². The van der Waals surface area contributed by atoms with Crippen LogP contribution in [0.5, 0.6) is 0 Å². The molecule has 0 bridgehead atoms. The Bertz CT molecular complexity index is 804. The van der Waals surface area contributed by atoms with Gasteiger partial charge in [-0.15, -0.1) is 0 Å². The molecule has 2 N–H and O–H groups in total. The predicted octanol–water partition coefficient (Wildman–Crippen LogP) is 3.39. The molecule has 0 spiro atoms. The fourth-order valence-electron chi connectivity index (χ4n) is 2.65. The number of nitrogens with one attached hydrogen (secondary N) is 2. The topological polar surface area (TPSA) is 68.7 Å². The lowest BCUT2D eigenvalue weighted by atomic mass is 10.1. The quantitative estimate of drug-likeness (QED) is 0.846. The van der Waals surface area contributed by atoms with Crippen LogP contribution in [0.15, 0.2) is 38.9 Å². The summed E-state index contributed by atoms with van der Waals surface area (Å²) < 4.78 is 0. The number of nitriles is 1. The van der Waals surface area contributed by atoms with Crippen molar-refractivity contribution in [2.75, 3.05) is 5.32 Å². The van der Waals surface area contributed by atoms with Gasteiger partial charge in [-0.05, 0) is 25.0 Å². The van der Waals surface area contributed by atoms with Crippen LogP contribution in [-0.4, -0.2) is 4.98 Å². The van der Waals surface area contributed by atoms with Crippen molar-refractivity contribution < 1.29 is 0 Å². The van der Waals surface area contributed by atoms with Gasteiger partial charge >= 0.3 is 0 Å². The Morgan fingerprint density at radius 1 is 1.38 bits per heavy atom. The molecule has 0 fully saturated rings. The number of anilines is 1. The number of aromatic nitrogens is 1.